The van der Waals surface area contributed by atoms with Crippen molar-refractivity contribution in [2.24, 2.45) is 5.92 Å². The molecule has 0 fully saturated rings. The SMILES string of the molecule is CCCCCCn1nncc1CC(C)C. The van der Waals surface area contributed by atoms with Crippen LogP contribution in [-0.4, -0.2) is 15.0 Å². The summed E-state index contributed by atoms with van der Waals surface area (Å²) in [5.41, 5.74) is 1.28. The largest absolute Gasteiger partial charge is 0.249 e. The van der Waals surface area contributed by atoms with Crippen molar-refractivity contribution in [1.29, 1.82) is 0 Å². The fourth-order valence-corrected chi connectivity index (χ4v) is 1.73. The third kappa shape index (κ3) is 4.45. The van der Waals surface area contributed by atoms with Crippen molar-refractivity contribution in [1.82, 2.24) is 15.0 Å². The topological polar surface area (TPSA) is 30.7 Å². The van der Waals surface area contributed by atoms with Gasteiger partial charge in [0.1, 0.15) is 0 Å². The highest BCUT2D eigenvalue weighted by molar-refractivity contribution is 4.94. The number of nitrogens with zero attached hydrogens (tertiary/aromatic N) is 3. The van der Waals surface area contributed by atoms with Gasteiger partial charge in [-0.3, -0.25) is 0 Å². The van der Waals surface area contributed by atoms with Crippen LogP contribution in [0.25, 0.3) is 0 Å². The molecule has 0 N–H and O–H groups in total. The van der Waals surface area contributed by atoms with Crippen molar-refractivity contribution in [2.75, 3.05) is 0 Å². The maximum atomic E-state index is 4.13. The first-order chi connectivity index (χ1) is 7.24. The molecule has 0 atom stereocenters. The predicted molar refractivity (Wildman–Crippen MR) is 62.7 cm³/mol. The van der Waals surface area contributed by atoms with Crippen LogP contribution in [0.2, 0.25) is 0 Å². The van der Waals surface area contributed by atoms with Gasteiger partial charge in [-0.15, -0.1) is 5.10 Å². The van der Waals surface area contributed by atoms with E-state index in [0.717, 1.165) is 13.0 Å². The third-order valence-electron chi connectivity index (χ3n) is 2.54. The van der Waals surface area contributed by atoms with E-state index in [-0.39, 0.29) is 0 Å². The molecule has 0 unspecified atom stereocenters. The summed E-state index contributed by atoms with van der Waals surface area (Å²) in [4.78, 5) is 0. The number of hydrogen-bond donors (Lipinski definition) is 0. The zero-order chi connectivity index (χ0) is 11.1. The minimum Gasteiger partial charge on any atom is -0.249 e. The van der Waals surface area contributed by atoms with Gasteiger partial charge in [-0.25, -0.2) is 4.68 Å². The average molecular weight is 209 g/mol. The van der Waals surface area contributed by atoms with Crippen molar-refractivity contribution in [2.45, 2.75) is 59.4 Å². The van der Waals surface area contributed by atoms with Crippen LogP contribution in [0.3, 0.4) is 0 Å². The maximum Gasteiger partial charge on any atom is 0.0725 e. The van der Waals surface area contributed by atoms with E-state index in [4.69, 9.17) is 0 Å². The molecule has 0 radical (unpaired) electrons. The van der Waals surface area contributed by atoms with Crippen molar-refractivity contribution in [3.05, 3.63) is 11.9 Å². The normalized spacial score (nSPS) is 11.2. The molecule has 0 saturated carbocycles. The van der Waals surface area contributed by atoms with Gasteiger partial charge < -0.3 is 0 Å². The molecule has 0 aliphatic carbocycles. The van der Waals surface area contributed by atoms with E-state index >= 15 is 0 Å². The molecule has 0 bridgehead atoms. The van der Waals surface area contributed by atoms with E-state index in [0.29, 0.717) is 5.92 Å². The molecule has 0 aliphatic rings. The molecule has 3 nitrogen and oxygen atoms in total. The first-order valence-corrected chi connectivity index (χ1v) is 6.11. The van der Waals surface area contributed by atoms with E-state index in [1.807, 2.05) is 6.20 Å². The third-order valence-corrected chi connectivity index (χ3v) is 2.54. The number of unbranched alkanes of at least 4 members (excludes halogenated alkanes) is 3. The standard InChI is InChI=1S/C12H23N3/c1-4-5-6-7-8-15-12(9-11(2)3)10-13-14-15/h10-11H,4-9H2,1-3H3. The summed E-state index contributed by atoms with van der Waals surface area (Å²) in [6.45, 7) is 7.73. The lowest BCUT2D eigenvalue weighted by molar-refractivity contribution is 0.496. The van der Waals surface area contributed by atoms with Gasteiger partial charge in [0, 0.05) is 6.54 Å². The van der Waals surface area contributed by atoms with Crippen LogP contribution < -0.4 is 0 Å². The van der Waals surface area contributed by atoms with Crippen molar-refractivity contribution < 1.29 is 0 Å². The van der Waals surface area contributed by atoms with Gasteiger partial charge in [-0.2, -0.15) is 0 Å². The fraction of sp³-hybridized carbons (Fsp3) is 0.833. The summed E-state index contributed by atoms with van der Waals surface area (Å²) in [6, 6.07) is 0. The van der Waals surface area contributed by atoms with Crippen LogP contribution in [0.4, 0.5) is 0 Å². The number of aromatic nitrogens is 3. The van der Waals surface area contributed by atoms with Crippen molar-refractivity contribution >= 4 is 0 Å². The van der Waals surface area contributed by atoms with Gasteiger partial charge in [0.05, 0.1) is 11.9 Å². The van der Waals surface area contributed by atoms with Crippen molar-refractivity contribution in [3.8, 4) is 0 Å². The summed E-state index contributed by atoms with van der Waals surface area (Å²) in [5.74, 6) is 0.679. The minimum absolute atomic E-state index is 0.679. The number of hydrogen-bond acceptors (Lipinski definition) is 2. The molecule has 0 aromatic carbocycles. The van der Waals surface area contributed by atoms with Gasteiger partial charge in [0.2, 0.25) is 0 Å². The van der Waals surface area contributed by atoms with E-state index in [9.17, 15) is 0 Å². The molecule has 0 spiro atoms. The number of aryl methyl sites for hydroxylation is 1. The molecule has 0 aliphatic heterocycles. The summed E-state index contributed by atoms with van der Waals surface area (Å²) < 4.78 is 2.07. The zero-order valence-corrected chi connectivity index (χ0v) is 10.2. The van der Waals surface area contributed by atoms with Crippen LogP contribution in [0, 0.1) is 5.92 Å². The van der Waals surface area contributed by atoms with E-state index in [2.05, 4.69) is 35.8 Å². The van der Waals surface area contributed by atoms with Gasteiger partial charge in [0.25, 0.3) is 0 Å². The second kappa shape index (κ2) is 6.59. The Balaban J connectivity index is 2.36. The minimum atomic E-state index is 0.679. The van der Waals surface area contributed by atoms with Crippen LogP contribution in [0.15, 0.2) is 6.20 Å². The Kier molecular flexibility index (Phi) is 5.37. The molecule has 15 heavy (non-hydrogen) atoms. The second-order valence-corrected chi connectivity index (χ2v) is 4.61. The highest BCUT2D eigenvalue weighted by Crippen LogP contribution is 2.08. The van der Waals surface area contributed by atoms with E-state index in [1.165, 1.54) is 31.4 Å². The Bertz CT molecular complexity index is 266. The Labute approximate surface area is 92.9 Å². The molecule has 3 heteroatoms. The van der Waals surface area contributed by atoms with Crippen molar-refractivity contribution in [3.63, 3.8) is 0 Å². The lowest BCUT2D eigenvalue weighted by Gasteiger charge is -2.07. The molecular formula is C12H23N3. The summed E-state index contributed by atoms with van der Waals surface area (Å²) in [6.07, 6.45) is 8.13. The molecular weight excluding hydrogens is 186 g/mol. The quantitative estimate of drug-likeness (QED) is 0.646. The summed E-state index contributed by atoms with van der Waals surface area (Å²) >= 11 is 0. The fourth-order valence-electron chi connectivity index (χ4n) is 1.73. The second-order valence-electron chi connectivity index (χ2n) is 4.61. The van der Waals surface area contributed by atoms with Crippen LogP contribution in [0.5, 0.6) is 0 Å². The Hall–Kier alpha value is -0.860. The zero-order valence-electron chi connectivity index (χ0n) is 10.2. The molecule has 0 saturated heterocycles. The number of rotatable bonds is 7. The van der Waals surface area contributed by atoms with Gasteiger partial charge in [-0.05, 0) is 18.8 Å². The Morgan fingerprint density at radius 2 is 2.07 bits per heavy atom. The maximum absolute atomic E-state index is 4.13. The molecule has 1 rings (SSSR count). The summed E-state index contributed by atoms with van der Waals surface area (Å²) in [7, 11) is 0. The summed E-state index contributed by atoms with van der Waals surface area (Å²) in [5, 5.41) is 8.12. The Morgan fingerprint density at radius 1 is 1.27 bits per heavy atom. The molecule has 1 heterocycles. The highest BCUT2D eigenvalue weighted by atomic mass is 15.4. The lowest BCUT2D eigenvalue weighted by Crippen LogP contribution is -2.07. The smallest absolute Gasteiger partial charge is 0.0725 e. The monoisotopic (exact) mass is 209 g/mol. The average Bonchev–Trinajstić information content (AvgIpc) is 2.59. The van der Waals surface area contributed by atoms with Gasteiger partial charge in [-0.1, -0.05) is 45.2 Å². The molecule has 1 aromatic rings. The molecule has 86 valence electrons. The predicted octanol–water partition coefficient (Wildman–Crippen LogP) is 3.06. The van der Waals surface area contributed by atoms with E-state index in [1.54, 1.807) is 0 Å². The van der Waals surface area contributed by atoms with Crippen LogP contribution in [-0.2, 0) is 13.0 Å². The van der Waals surface area contributed by atoms with Gasteiger partial charge >= 0.3 is 0 Å². The van der Waals surface area contributed by atoms with Gasteiger partial charge in [0.15, 0.2) is 0 Å². The Morgan fingerprint density at radius 3 is 2.73 bits per heavy atom. The van der Waals surface area contributed by atoms with Crippen LogP contribution >= 0.6 is 0 Å². The highest BCUT2D eigenvalue weighted by Gasteiger charge is 2.05. The molecule has 0 amide bonds. The van der Waals surface area contributed by atoms with E-state index < -0.39 is 0 Å². The first-order valence-electron chi connectivity index (χ1n) is 6.11. The van der Waals surface area contributed by atoms with Crippen LogP contribution in [0.1, 0.15) is 52.1 Å². The molecule has 1 aromatic heterocycles. The lowest BCUT2D eigenvalue weighted by atomic mass is 10.1. The first kappa shape index (κ1) is 12.2.